The van der Waals surface area contributed by atoms with Crippen LogP contribution in [0, 0.1) is 0 Å². The maximum atomic E-state index is 13.8. The number of rotatable bonds is 5. The molecule has 2 aromatic heterocycles. The fourth-order valence-corrected chi connectivity index (χ4v) is 3.28. The molecular weight excluding hydrogens is 309 g/mol. The maximum absolute atomic E-state index is 13.8. The van der Waals surface area contributed by atoms with Crippen LogP contribution >= 0.6 is 11.8 Å². The predicted octanol–water partition coefficient (Wildman–Crippen LogP) is 1.53. The summed E-state index contributed by atoms with van der Waals surface area (Å²) in [6.45, 7) is 1.73. The van der Waals surface area contributed by atoms with E-state index in [1.54, 1.807) is 22.7 Å². The molecule has 1 aliphatic rings. The van der Waals surface area contributed by atoms with Gasteiger partial charge in [-0.1, -0.05) is 6.92 Å². The van der Waals surface area contributed by atoms with Crippen molar-refractivity contribution in [1.82, 2.24) is 19.5 Å². The van der Waals surface area contributed by atoms with Gasteiger partial charge in [-0.05, 0) is 12.2 Å². The average molecular weight is 327 g/mol. The van der Waals surface area contributed by atoms with Gasteiger partial charge in [0.1, 0.15) is 29.0 Å². The average Bonchev–Trinajstić information content (AvgIpc) is 3.07. The summed E-state index contributed by atoms with van der Waals surface area (Å²) >= 11 is 1.56. The Labute approximate surface area is 131 Å². The molecule has 1 saturated heterocycles. The Bertz CT molecular complexity index is 667. The van der Waals surface area contributed by atoms with Crippen molar-refractivity contribution >= 4 is 28.9 Å². The lowest BCUT2D eigenvalue weighted by atomic mass is 10.2. The smallest absolute Gasteiger partial charge is 0.223 e. The number of hydrogen-bond donors (Lipinski definition) is 2. The van der Waals surface area contributed by atoms with E-state index in [1.807, 2.05) is 0 Å². The number of nitrogen functional groups attached to an aromatic ring is 1. The molecule has 9 heteroatoms. The number of ether oxygens (including phenoxy) is 1. The van der Waals surface area contributed by atoms with Crippen LogP contribution in [0.25, 0.3) is 11.2 Å². The van der Waals surface area contributed by atoms with Gasteiger partial charge in [-0.25, -0.2) is 14.4 Å². The zero-order valence-electron chi connectivity index (χ0n) is 12.1. The molecule has 3 N–H and O–H groups in total. The standard InChI is InChI=1S/C13H18FN5O2S/c1-2-3-22-12-10-11(17-13(15)18-12)19(6-16-10)9-4-7(14)8(5-20)21-9/h6-9,20H,2-5H2,1H3,(H2,15,17,18)/t7-,8+,9+/m0/s1. The first-order valence-electron chi connectivity index (χ1n) is 7.17. The second-order valence-electron chi connectivity index (χ2n) is 5.12. The Balaban J connectivity index is 1.96. The highest BCUT2D eigenvalue weighted by Crippen LogP contribution is 2.34. The van der Waals surface area contributed by atoms with Crippen molar-refractivity contribution in [2.45, 2.75) is 43.3 Å². The molecule has 0 amide bonds. The Hall–Kier alpha value is -1.45. The van der Waals surface area contributed by atoms with Gasteiger partial charge in [-0.15, -0.1) is 11.8 Å². The fourth-order valence-electron chi connectivity index (χ4n) is 2.44. The number of fused-ring (bicyclic) bond motifs is 1. The minimum Gasteiger partial charge on any atom is -0.394 e. The lowest BCUT2D eigenvalue weighted by Crippen LogP contribution is -2.21. The number of hydrogen-bond acceptors (Lipinski definition) is 7. The third kappa shape index (κ3) is 2.75. The molecule has 2 aromatic rings. The lowest BCUT2D eigenvalue weighted by molar-refractivity contribution is -0.0323. The van der Waals surface area contributed by atoms with E-state index < -0.39 is 18.5 Å². The van der Waals surface area contributed by atoms with Gasteiger partial charge in [-0.2, -0.15) is 4.98 Å². The summed E-state index contributed by atoms with van der Waals surface area (Å²) in [4.78, 5) is 12.8. The first kappa shape index (κ1) is 15.4. The largest absolute Gasteiger partial charge is 0.394 e. The topological polar surface area (TPSA) is 99.1 Å². The zero-order chi connectivity index (χ0) is 15.7. The van der Waals surface area contributed by atoms with Gasteiger partial charge in [0.15, 0.2) is 5.65 Å². The van der Waals surface area contributed by atoms with Gasteiger partial charge in [0, 0.05) is 6.42 Å². The van der Waals surface area contributed by atoms with E-state index in [2.05, 4.69) is 21.9 Å². The van der Waals surface area contributed by atoms with Crippen LogP contribution in [-0.4, -0.2) is 49.3 Å². The number of aromatic nitrogens is 4. The SMILES string of the molecule is CCCSc1nc(N)nc2c1ncn2[C@H]1C[C@H](F)[C@@H](CO)O1. The Kier molecular flexibility index (Phi) is 4.46. The van der Waals surface area contributed by atoms with Crippen LogP contribution in [0.1, 0.15) is 26.0 Å². The molecule has 0 spiro atoms. The molecule has 7 nitrogen and oxygen atoms in total. The van der Waals surface area contributed by atoms with Crippen molar-refractivity contribution < 1.29 is 14.2 Å². The summed E-state index contributed by atoms with van der Waals surface area (Å²) in [6, 6.07) is 0. The number of aliphatic hydroxyl groups excluding tert-OH is 1. The van der Waals surface area contributed by atoms with E-state index in [4.69, 9.17) is 15.6 Å². The summed E-state index contributed by atoms with van der Waals surface area (Å²) < 4.78 is 21.0. The first-order chi connectivity index (χ1) is 10.6. The molecule has 0 unspecified atom stereocenters. The number of aliphatic hydroxyl groups is 1. The molecule has 120 valence electrons. The van der Waals surface area contributed by atoms with Crippen LogP contribution in [0.15, 0.2) is 11.4 Å². The molecule has 0 aliphatic carbocycles. The Morgan fingerprint density at radius 3 is 3.05 bits per heavy atom. The van der Waals surface area contributed by atoms with Crippen LogP contribution in [0.5, 0.6) is 0 Å². The van der Waals surface area contributed by atoms with Crippen molar-refractivity contribution in [2.75, 3.05) is 18.1 Å². The third-order valence-corrected chi connectivity index (χ3v) is 4.67. The fraction of sp³-hybridized carbons (Fsp3) is 0.615. The van der Waals surface area contributed by atoms with Crippen molar-refractivity contribution in [3.05, 3.63) is 6.33 Å². The van der Waals surface area contributed by atoms with Crippen LogP contribution in [0.4, 0.5) is 10.3 Å². The summed E-state index contributed by atoms with van der Waals surface area (Å²) in [6.07, 6.45) is 0.153. The molecule has 0 saturated carbocycles. The highest BCUT2D eigenvalue weighted by atomic mass is 32.2. The van der Waals surface area contributed by atoms with E-state index in [0.29, 0.717) is 11.2 Å². The first-order valence-corrected chi connectivity index (χ1v) is 8.15. The van der Waals surface area contributed by atoms with E-state index in [-0.39, 0.29) is 19.0 Å². The van der Waals surface area contributed by atoms with Crippen molar-refractivity contribution in [3.8, 4) is 0 Å². The van der Waals surface area contributed by atoms with Crippen LogP contribution in [-0.2, 0) is 4.74 Å². The molecule has 0 bridgehead atoms. The molecule has 1 aliphatic heterocycles. The van der Waals surface area contributed by atoms with Crippen LogP contribution in [0.3, 0.4) is 0 Å². The predicted molar refractivity (Wildman–Crippen MR) is 81.3 cm³/mol. The monoisotopic (exact) mass is 327 g/mol. The van der Waals surface area contributed by atoms with Crippen LogP contribution in [0.2, 0.25) is 0 Å². The van der Waals surface area contributed by atoms with Crippen LogP contribution < -0.4 is 5.73 Å². The van der Waals surface area contributed by atoms with E-state index in [9.17, 15) is 4.39 Å². The molecule has 3 atom stereocenters. The molecule has 3 rings (SSSR count). The van der Waals surface area contributed by atoms with Gasteiger partial charge >= 0.3 is 0 Å². The molecule has 22 heavy (non-hydrogen) atoms. The van der Waals surface area contributed by atoms with Gasteiger partial charge in [0.2, 0.25) is 5.95 Å². The number of halogens is 1. The summed E-state index contributed by atoms with van der Waals surface area (Å²) in [5.74, 6) is 1.05. The van der Waals surface area contributed by atoms with Gasteiger partial charge in [0.05, 0.1) is 12.9 Å². The summed E-state index contributed by atoms with van der Waals surface area (Å²) in [7, 11) is 0. The minimum atomic E-state index is -1.21. The molecule has 0 aromatic carbocycles. The zero-order valence-corrected chi connectivity index (χ0v) is 13.0. The number of imidazole rings is 1. The molecule has 0 radical (unpaired) electrons. The van der Waals surface area contributed by atoms with Crippen molar-refractivity contribution in [3.63, 3.8) is 0 Å². The van der Waals surface area contributed by atoms with Gasteiger partial charge in [0.25, 0.3) is 0 Å². The van der Waals surface area contributed by atoms with Gasteiger partial charge in [-0.3, -0.25) is 4.57 Å². The molecular formula is C13H18FN5O2S. The van der Waals surface area contributed by atoms with E-state index in [1.165, 1.54) is 0 Å². The lowest BCUT2D eigenvalue weighted by Gasteiger charge is -2.13. The molecule has 3 heterocycles. The van der Waals surface area contributed by atoms with Crippen molar-refractivity contribution in [1.29, 1.82) is 0 Å². The highest BCUT2D eigenvalue weighted by Gasteiger charge is 2.36. The Morgan fingerprint density at radius 2 is 2.36 bits per heavy atom. The summed E-state index contributed by atoms with van der Waals surface area (Å²) in [5, 5.41) is 9.83. The van der Waals surface area contributed by atoms with E-state index in [0.717, 1.165) is 17.2 Å². The Morgan fingerprint density at radius 1 is 1.55 bits per heavy atom. The third-order valence-electron chi connectivity index (χ3n) is 3.50. The maximum Gasteiger partial charge on any atom is 0.223 e. The molecule has 1 fully saturated rings. The van der Waals surface area contributed by atoms with E-state index >= 15 is 0 Å². The van der Waals surface area contributed by atoms with Crippen molar-refractivity contribution in [2.24, 2.45) is 0 Å². The number of alkyl halides is 1. The number of nitrogens with zero attached hydrogens (tertiary/aromatic N) is 4. The second-order valence-corrected chi connectivity index (χ2v) is 6.21. The normalized spacial score (nSPS) is 25.1. The van der Waals surface area contributed by atoms with Gasteiger partial charge < -0.3 is 15.6 Å². The second kappa shape index (κ2) is 6.35. The summed E-state index contributed by atoms with van der Waals surface area (Å²) in [5.41, 5.74) is 6.94. The minimum absolute atomic E-state index is 0.151. The number of anilines is 1. The quantitative estimate of drug-likeness (QED) is 0.634. The number of thioether (sulfide) groups is 1. The number of nitrogens with two attached hydrogens (primary N) is 1. The highest BCUT2D eigenvalue weighted by molar-refractivity contribution is 7.99.